The molecule has 0 fully saturated rings. The normalized spacial score (nSPS) is 11.7. The maximum absolute atomic E-state index is 8.92. The van der Waals surface area contributed by atoms with Gasteiger partial charge in [0, 0.05) is 5.56 Å². The summed E-state index contributed by atoms with van der Waals surface area (Å²) in [5, 5.41) is 9.82. The van der Waals surface area contributed by atoms with Gasteiger partial charge in [0.1, 0.15) is 6.10 Å². The Labute approximate surface area is 87.3 Å². The van der Waals surface area contributed by atoms with Crippen molar-refractivity contribution in [3.05, 3.63) is 33.8 Å². The second-order valence-corrected chi connectivity index (χ2v) is 3.33. The summed E-state index contributed by atoms with van der Waals surface area (Å²) in [6, 6.07) is 5.21. The van der Waals surface area contributed by atoms with Crippen LogP contribution in [0.4, 0.5) is 0 Å². The molecule has 0 aliphatic rings. The summed E-state index contributed by atoms with van der Waals surface area (Å²) in [6.07, 6.45) is -0.657. The smallest absolute Gasteiger partial charge is 0.112 e. The van der Waals surface area contributed by atoms with Crippen LogP contribution >= 0.6 is 23.2 Å². The third-order valence-corrected chi connectivity index (χ3v) is 2.19. The van der Waals surface area contributed by atoms with Crippen LogP contribution in [0.3, 0.4) is 0 Å². The van der Waals surface area contributed by atoms with Crippen LogP contribution in [0.25, 0.3) is 0 Å². The average Bonchev–Trinajstić information content (AvgIpc) is 2.07. The molecule has 0 radical (unpaired) electrons. The largest absolute Gasteiger partial charge is 0.381 e. The zero-order chi connectivity index (χ0) is 9.84. The molecule has 0 saturated heterocycles. The SMILES string of the molecule is CC(O)C#Cc1cccc(Cl)c1Cl. The van der Waals surface area contributed by atoms with Crippen molar-refractivity contribution in [1.82, 2.24) is 0 Å². The van der Waals surface area contributed by atoms with E-state index in [4.69, 9.17) is 28.3 Å². The molecule has 68 valence electrons. The summed E-state index contributed by atoms with van der Waals surface area (Å²) >= 11 is 11.6. The summed E-state index contributed by atoms with van der Waals surface area (Å²) in [5.74, 6) is 5.33. The molecule has 1 atom stereocenters. The maximum Gasteiger partial charge on any atom is 0.112 e. The Morgan fingerprint density at radius 3 is 2.69 bits per heavy atom. The van der Waals surface area contributed by atoms with Gasteiger partial charge in [0.2, 0.25) is 0 Å². The number of hydrogen-bond acceptors (Lipinski definition) is 1. The lowest BCUT2D eigenvalue weighted by Gasteiger charge is -1.97. The molecular formula is C10H8Cl2O. The molecule has 1 nitrogen and oxygen atoms in total. The third kappa shape index (κ3) is 2.93. The predicted octanol–water partition coefficient (Wildman–Crippen LogP) is 2.73. The van der Waals surface area contributed by atoms with Crippen LogP contribution in [-0.4, -0.2) is 11.2 Å². The highest BCUT2D eigenvalue weighted by molar-refractivity contribution is 6.42. The van der Waals surface area contributed by atoms with Crippen LogP contribution < -0.4 is 0 Å². The fourth-order valence-corrected chi connectivity index (χ4v) is 1.13. The van der Waals surface area contributed by atoms with Crippen molar-refractivity contribution in [3.8, 4) is 11.8 Å². The van der Waals surface area contributed by atoms with E-state index in [1.807, 2.05) is 0 Å². The van der Waals surface area contributed by atoms with Crippen LogP contribution in [-0.2, 0) is 0 Å². The third-order valence-electron chi connectivity index (χ3n) is 1.37. The second kappa shape index (κ2) is 4.53. The van der Waals surface area contributed by atoms with E-state index in [0.29, 0.717) is 15.6 Å². The predicted molar refractivity (Wildman–Crippen MR) is 55.0 cm³/mol. The number of rotatable bonds is 0. The van der Waals surface area contributed by atoms with Crippen molar-refractivity contribution in [2.45, 2.75) is 13.0 Å². The highest BCUT2D eigenvalue weighted by Gasteiger charge is 2.00. The Kier molecular flexibility index (Phi) is 3.62. The molecule has 0 amide bonds. The Hall–Kier alpha value is -0.680. The molecule has 1 unspecified atom stereocenters. The van der Waals surface area contributed by atoms with Gasteiger partial charge in [0.25, 0.3) is 0 Å². The monoisotopic (exact) mass is 214 g/mol. The van der Waals surface area contributed by atoms with E-state index in [0.717, 1.165) is 0 Å². The van der Waals surface area contributed by atoms with Gasteiger partial charge in [0.15, 0.2) is 0 Å². The van der Waals surface area contributed by atoms with Crippen molar-refractivity contribution in [1.29, 1.82) is 0 Å². The molecule has 1 N–H and O–H groups in total. The minimum atomic E-state index is -0.657. The van der Waals surface area contributed by atoms with E-state index < -0.39 is 6.10 Å². The molecule has 0 aliphatic carbocycles. The molecule has 0 bridgehead atoms. The van der Waals surface area contributed by atoms with E-state index in [9.17, 15) is 0 Å². The maximum atomic E-state index is 8.92. The molecule has 1 aromatic rings. The number of aliphatic hydroxyl groups excluding tert-OH is 1. The molecule has 0 spiro atoms. The van der Waals surface area contributed by atoms with Crippen LogP contribution in [0, 0.1) is 11.8 Å². The van der Waals surface area contributed by atoms with Gasteiger partial charge in [-0.3, -0.25) is 0 Å². The summed E-state index contributed by atoms with van der Waals surface area (Å²) in [4.78, 5) is 0. The van der Waals surface area contributed by atoms with Gasteiger partial charge >= 0.3 is 0 Å². The molecule has 0 aliphatic heterocycles. The van der Waals surface area contributed by atoms with Crippen LogP contribution in [0.1, 0.15) is 12.5 Å². The fourth-order valence-electron chi connectivity index (χ4n) is 0.783. The molecule has 1 aromatic carbocycles. The fraction of sp³-hybridized carbons (Fsp3) is 0.200. The lowest BCUT2D eigenvalue weighted by atomic mass is 10.2. The first kappa shape index (κ1) is 10.4. The highest BCUT2D eigenvalue weighted by Crippen LogP contribution is 2.24. The van der Waals surface area contributed by atoms with Gasteiger partial charge in [-0.2, -0.15) is 0 Å². The highest BCUT2D eigenvalue weighted by atomic mass is 35.5. The zero-order valence-electron chi connectivity index (χ0n) is 7.01. The number of benzene rings is 1. The van der Waals surface area contributed by atoms with Gasteiger partial charge < -0.3 is 5.11 Å². The summed E-state index contributed by atoms with van der Waals surface area (Å²) in [5.41, 5.74) is 0.634. The van der Waals surface area contributed by atoms with Gasteiger partial charge in [-0.25, -0.2) is 0 Å². The summed E-state index contributed by atoms with van der Waals surface area (Å²) in [6.45, 7) is 1.59. The number of aliphatic hydroxyl groups is 1. The molecule has 0 saturated carbocycles. The van der Waals surface area contributed by atoms with E-state index in [2.05, 4.69) is 11.8 Å². The van der Waals surface area contributed by atoms with Crippen molar-refractivity contribution in [2.75, 3.05) is 0 Å². The van der Waals surface area contributed by atoms with E-state index in [1.165, 1.54) is 0 Å². The Bertz CT molecular complexity index is 361. The lowest BCUT2D eigenvalue weighted by molar-refractivity contribution is 0.253. The summed E-state index contributed by atoms with van der Waals surface area (Å²) in [7, 11) is 0. The second-order valence-electron chi connectivity index (χ2n) is 2.55. The minimum Gasteiger partial charge on any atom is -0.381 e. The van der Waals surface area contributed by atoms with Gasteiger partial charge in [0.05, 0.1) is 10.0 Å². The standard InChI is InChI=1S/C10H8Cl2O/c1-7(13)5-6-8-3-2-4-9(11)10(8)12/h2-4,7,13H,1H3. The number of hydrogen-bond donors (Lipinski definition) is 1. The van der Waals surface area contributed by atoms with Crippen molar-refractivity contribution in [2.24, 2.45) is 0 Å². The van der Waals surface area contributed by atoms with E-state index >= 15 is 0 Å². The average molecular weight is 215 g/mol. The topological polar surface area (TPSA) is 20.2 Å². The molecule has 0 heterocycles. The van der Waals surface area contributed by atoms with Crippen LogP contribution in [0.15, 0.2) is 18.2 Å². The number of halogens is 2. The van der Waals surface area contributed by atoms with Gasteiger partial charge in [-0.1, -0.05) is 41.1 Å². The quantitative estimate of drug-likeness (QED) is 0.659. The minimum absolute atomic E-state index is 0.428. The first-order valence-electron chi connectivity index (χ1n) is 3.75. The molecular weight excluding hydrogens is 207 g/mol. The van der Waals surface area contributed by atoms with E-state index in [-0.39, 0.29) is 0 Å². The van der Waals surface area contributed by atoms with Crippen molar-refractivity contribution >= 4 is 23.2 Å². The lowest BCUT2D eigenvalue weighted by Crippen LogP contribution is -1.92. The first-order chi connectivity index (χ1) is 6.11. The van der Waals surface area contributed by atoms with Crippen LogP contribution in [0.5, 0.6) is 0 Å². The zero-order valence-corrected chi connectivity index (χ0v) is 8.52. The van der Waals surface area contributed by atoms with E-state index in [1.54, 1.807) is 25.1 Å². The molecule has 0 aromatic heterocycles. The van der Waals surface area contributed by atoms with Gasteiger partial charge in [-0.05, 0) is 19.1 Å². The Balaban J connectivity index is 3.04. The Morgan fingerprint density at radius 1 is 1.38 bits per heavy atom. The molecule has 3 heteroatoms. The van der Waals surface area contributed by atoms with Crippen LogP contribution in [0.2, 0.25) is 10.0 Å². The Morgan fingerprint density at radius 2 is 2.08 bits per heavy atom. The first-order valence-corrected chi connectivity index (χ1v) is 4.50. The van der Waals surface area contributed by atoms with Gasteiger partial charge in [-0.15, -0.1) is 0 Å². The van der Waals surface area contributed by atoms with Crippen molar-refractivity contribution < 1.29 is 5.11 Å². The molecule has 1 rings (SSSR count). The van der Waals surface area contributed by atoms with Crippen molar-refractivity contribution in [3.63, 3.8) is 0 Å². The summed E-state index contributed by atoms with van der Waals surface area (Å²) < 4.78 is 0. The molecule has 13 heavy (non-hydrogen) atoms.